The molecule has 2 aliphatic carbocycles. The molecule has 3 N–H and O–H groups in total. The topological polar surface area (TPSA) is 38.0 Å². The van der Waals surface area contributed by atoms with E-state index in [9.17, 15) is 0 Å². The van der Waals surface area contributed by atoms with Crippen LogP contribution in [0.4, 0.5) is 0 Å². The van der Waals surface area contributed by atoms with Gasteiger partial charge in [-0.05, 0) is 44.1 Å². The second kappa shape index (κ2) is 4.19. The van der Waals surface area contributed by atoms with E-state index in [-0.39, 0.29) is 0 Å². The lowest BCUT2D eigenvalue weighted by Gasteiger charge is -2.41. The van der Waals surface area contributed by atoms with Crippen LogP contribution in [0.15, 0.2) is 0 Å². The average Bonchev–Trinajstić information content (AvgIpc) is 3.02. The lowest BCUT2D eigenvalue weighted by Crippen LogP contribution is -2.54. The molecule has 2 rings (SSSR count). The Morgan fingerprint density at radius 2 is 2.07 bits per heavy atom. The Hall–Kier alpha value is -0.0800. The molecule has 0 bridgehead atoms. The summed E-state index contributed by atoms with van der Waals surface area (Å²) in [6.45, 7) is 4.08. The van der Waals surface area contributed by atoms with Gasteiger partial charge in [-0.15, -0.1) is 0 Å². The van der Waals surface area contributed by atoms with Crippen LogP contribution in [0, 0.1) is 11.8 Å². The van der Waals surface area contributed by atoms with Crippen molar-refractivity contribution < 1.29 is 0 Å². The standard InChI is InChI=1S/C12H24N2/c1-2-14-12(9-13)7-3-4-11(8-12)10-5-6-10/h10-11,14H,2-9,13H2,1H3. The van der Waals surface area contributed by atoms with Crippen molar-refractivity contribution in [2.45, 2.75) is 51.0 Å². The number of likely N-dealkylation sites (N-methyl/N-ethyl adjacent to an activating group) is 1. The molecule has 0 saturated heterocycles. The van der Waals surface area contributed by atoms with Crippen LogP contribution in [0.25, 0.3) is 0 Å². The maximum atomic E-state index is 5.94. The molecule has 2 nitrogen and oxygen atoms in total. The highest BCUT2D eigenvalue weighted by molar-refractivity contribution is 4.97. The highest BCUT2D eigenvalue weighted by atomic mass is 15.0. The zero-order chi connectivity index (χ0) is 10.0. The first-order valence-electron chi connectivity index (χ1n) is 6.25. The van der Waals surface area contributed by atoms with Crippen LogP contribution in [0.5, 0.6) is 0 Å². The van der Waals surface area contributed by atoms with Gasteiger partial charge in [-0.1, -0.05) is 19.8 Å². The van der Waals surface area contributed by atoms with Crippen LogP contribution in [-0.2, 0) is 0 Å². The van der Waals surface area contributed by atoms with Gasteiger partial charge in [0.1, 0.15) is 0 Å². The molecule has 0 aromatic carbocycles. The molecule has 0 amide bonds. The van der Waals surface area contributed by atoms with Gasteiger partial charge in [-0.3, -0.25) is 0 Å². The van der Waals surface area contributed by atoms with Crippen LogP contribution in [0.1, 0.15) is 45.4 Å². The van der Waals surface area contributed by atoms with Gasteiger partial charge >= 0.3 is 0 Å². The summed E-state index contributed by atoms with van der Waals surface area (Å²) in [6, 6.07) is 0. The van der Waals surface area contributed by atoms with Crippen LogP contribution in [0.3, 0.4) is 0 Å². The van der Waals surface area contributed by atoms with Gasteiger partial charge in [0.25, 0.3) is 0 Å². The summed E-state index contributed by atoms with van der Waals surface area (Å²) in [5.41, 5.74) is 6.24. The van der Waals surface area contributed by atoms with Gasteiger partial charge in [-0.25, -0.2) is 0 Å². The highest BCUT2D eigenvalue weighted by Gasteiger charge is 2.40. The molecule has 0 aromatic heterocycles. The van der Waals surface area contributed by atoms with Crippen molar-refractivity contribution in [1.29, 1.82) is 0 Å². The fourth-order valence-electron chi connectivity index (χ4n) is 3.17. The van der Waals surface area contributed by atoms with E-state index in [1.807, 2.05) is 0 Å². The summed E-state index contributed by atoms with van der Waals surface area (Å²) in [5.74, 6) is 2.03. The Balaban J connectivity index is 1.95. The van der Waals surface area contributed by atoms with Crippen molar-refractivity contribution in [2.75, 3.05) is 13.1 Å². The second-order valence-corrected chi connectivity index (χ2v) is 5.21. The van der Waals surface area contributed by atoms with Crippen LogP contribution in [0.2, 0.25) is 0 Å². The van der Waals surface area contributed by atoms with E-state index in [0.29, 0.717) is 5.54 Å². The summed E-state index contributed by atoms with van der Waals surface area (Å²) < 4.78 is 0. The first-order valence-corrected chi connectivity index (χ1v) is 6.25. The zero-order valence-corrected chi connectivity index (χ0v) is 9.39. The monoisotopic (exact) mass is 196 g/mol. The van der Waals surface area contributed by atoms with E-state index in [1.54, 1.807) is 0 Å². The molecule has 0 heterocycles. The van der Waals surface area contributed by atoms with Gasteiger partial charge < -0.3 is 11.1 Å². The van der Waals surface area contributed by atoms with E-state index in [4.69, 9.17) is 5.73 Å². The van der Waals surface area contributed by atoms with Gasteiger partial charge in [0.15, 0.2) is 0 Å². The molecular formula is C12H24N2. The van der Waals surface area contributed by atoms with Gasteiger partial charge in [0.05, 0.1) is 0 Å². The summed E-state index contributed by atoms with van der Waals surface area (Å²) in [6.07, 6.45) is 8.43. The lowest BCUT2D eigenvalue weighted by molar-refractivity contribution is 0.172. The molecule has 0 aliphatic heterocycles. The number of nitrogens with two attached hydrogens (primary N) is 1. The van der Waals surface area contributed by atoms with E-state index >= 15 is 0 Å². The first-order chi connectivity index (χ1) is 6.79. The maximum Gasteiger partial charge on any atom is 0.0306 e. The molecule has 0 radical (unpaired) electrons. The van der Waals surface area contributed by atoms with Crippen molar-refractivity contribution >= 4 is 0 Å². The van der Waals surface area contributed by atoms with Crippen LogP contribution in [-0.4, -0.2) is 18.6 Å². The maximum absolute atomic E-state index is 5.94. The third-order valence-corrected chi connectivity index (χ3v) is 4.11. The van der Waals surface area contributed by atoms with Crippen molar-refractivity contribution in [2.24, 2.45) is 17.6 Å². The van der Waals surface area contributed by atoms with Crippen molar-refractivity contribution in [3.05, 3.63) is 0 Å². The van der Waals surface area contributed by atoms with Crippen LogP contribution >= 0.6 is 0 Å². The quantitative estimate of drug-likeness (QED) is 0.720. The molecule has 2 saturated carbocycles. The smallest absolute Gasteiger partial charge is 0.0306 e. The van der Waals surface area contributed by atoms with Gasteiger partial charge in [0.2, 0.25) is 0 Å². The SMILES string of the molecule is CCNC1(CN)CCCC(C2CC2)C1. The average molecular weight is 196 g/mol. The third kappa shape index (κ3) is 2.12. The predicted molar refractivity (Wildman–Crippen MR) is 60.1 cm³/mol. The van der Waals surface area contributed by atoms with E-state index in [0.717, 1.165) is 24.9 Å². The van der Waals surface area contributed by atoms with Gasteiger partial charge in [-0.2, -0.15) is 0 Å². The Bertz CT molecular complexity index is 185. The van der Waals surface area contributed by atoms with E-state index in [2.05, 4.69) is 12.2 Å². The fraction of sp³-hybridized carbons (Fsp3) is 1.00. The van der Waals surface area contributed by atoms with Crippen LogP contribution < -0.4 is 11.1 Å². The van der Waals surface area contributed by atoms with Crippen molar-refractivity contribution in [3.8, 4) is 0 Å². The molecule has 14 heavy (non-hydrogen) atoms. The number of nitrogens with one attached hydrogen (secondary N) is 1. The molecule has 0 spiro atoms. The Morgan fingerprint density at radius 3 is 2.64 bits per heavy atom. The second-order valence-electron chi connectivity index (χ2n) is 5.21. The fourth-order valence-corrected chi connectivity index (χ4v) is 3.17. The number of hydrogen-bond acceptors (Lipinski definition) is 2. The lowest BCUT2D eigenvalue weighted by atomic mass is 9.74. The molecule has 2 heteroatoms. The summed E-state index contributed by atoms with van der Waals surface area (Å²) in [4.78, 5) is 0. The number of hydrogen-bond donors (Lipinski definition) is 2. The van der Waals surface area contributed by atoms with Crippen molar-refractivity contribution in [1.82, 2.24) is 5.32 Å². The normalized spacial score (nSPS) is 38.6. The minimum absolute atomic E-state index is 0.292. The predicted octanol–water partition coefficient (Wildman–Crippen LogP) is 1.89. The molecule has 82 valence electrons. The van der Waals surface area contributed by atoms with Crippen molar-refractivity contribution in [3.63, 3.8) is 0 Å². The molecule has 2 aliphatic rings. The van der Waals surface area contributed by atoms with Gasteiger partial charge in [0, 0.05) is 12.1 Å². The number of rotatable bonds is 4. The third-order valence-electron chi connectivity index (χ3n) is 4.11. The molecule has 2 unspecified atom stereocenters. The molecule has 0 aromatic rings. The van der Waals surface area contributed by atoms with E-state index in [1.165, 1.54) is 38.5 Å². The largest absolute Gasteiger partial charge is 0.329 e. The first kappa shape index (κ1) is 10.4. The van der Waals surface area contributed by atoms with E-state index < -0.39 is 0 Å². The summed E-state index contributed by atoms with van der Waals surface area (Å²) in [7, 11) is 0. The summed E-state index contributed by atoms with van der Waals surface area (Å²) in [5, 5.41) is 3.64. The minimum atomic E-state index is 0.292. The zero-order valence-electron chi connectivity index (χ0n) is 9.39. The minimum Gasteiger partial charge on any atom is -0.329 e. The molecule has 2 fully saturated rings. The Morgan fingerprint density at radius 1 is 1.29 bits per heavy atom. The molecular weight excluding hydrogens is 172 g/mol. The summed E-state index contributed by atoms with van der Waals surface area (Å²) >= 11 is 0. The molecule has 2 atom stereocenters. The Labute approximate surface area is 87.6 Å². The Kier molecular flexibility index (Phi) is 3.13. The highest BCUT2D eigenvalue weighted by Crippen LogP contribution is 2.46.